The van der Waals surface area contributed by atoms with Crippen LogP contribution in [0.25, 0.3) is 0 Å². The third kappa shape index (κ3) is 3.73. The first-order valence-electron chi connectivity index (χ1n) is 5.41. The molecular formula is C10H15BrN4O3. The molecule has 0 aliphatic carbocycles. The number of aliphatic carboxylic acids is 1. The van der Waals surface area contributed by atoms with Gasteiger partial charge in [-0.1, -0.05) is 0 Å². The van der Waals surface area contributed by atoms with Crippen molar-refractivity contribution in [1.29, 1.82) is 0 Å². The van der Waals surface area contributed by atoms with Gasteiger partial charge in [0.2, 0.25) is 0 Å². The number of hydrogen-bond acceptors (Lipinski definition) is 3. The van der Waals surface area contributed by atoms with E-state index in [9.17, 15) is 9.59 Å². The molecule has 1 heterocycles. The van der Waals surface area contributed by atoms with E-state index in [1.165, 1.54) is 0 Å². The molecule has 0 radical (unpaired) electrons. The number of rotatable bonds is 5. The van der Waals surface area contributed by atoms with E-state index < -0.39 is 18.5 Å². The van der Waals surface area contributed by atoms with Gasteiger partial charge in [-0.25, -0.2) is 4.79 Å². The highest BCUT2D eigenvalue weighted by Gasteiger charge is 2.12. The number of aromatic nitrogens is 2. The first kappa shape index (κ1) is 14.5. The van der Waals surface area contributed by atoms with Crippen molar-refractivity contribution in [1.82, 2.24) is 20.4 Å². The maximum absolute atomic E-state index is 11.3. The normalized spacial score (nSPS) is 10.2. The van der Waals surface area contributed by atoms with Crippen molar-refractivity contribution in [3.63, 3.8) is 0 Å². The van der Waals surface area contributed by atoms with Crippen molar-refractivity contribution < 1.29 is 14.7 Å². The zero-order chi connectivity index (χ0) is 13.7. The van der Waals surface area contributed by atoms with Crippen LogP contribution in [0.4, 0.5) is 4.79 Å². The molecule has 0 spiro atoms. The van der Waals surface area contributed by atoms with Gasteiger partial charge in [0.05, 0.1) is 22.4 Å². The lowest BCUT2D eigenvalue weighted by atomic mass is 10.3. The van der Waals surface area contributed by atoms with Crippen LogP contribution in [0.15, 0.2) is 4.47 Å². The van der Waals surface area contributed by atoms with E-state index in [1.54, 1.807) is 4.68 Å². The molecule has 100 valence electrons. The minimum absolute atomic E-state index is 0.278. The number of nitrogens with zero attached hydrogens (tertiary/aromatic N) is 2. The summed E-state index contributed by atoms with van der Waals surface area (Å²) in [5.41, 5.74) is 1.69. The molecule has 0 aromatic carbocycles. The quantitative estimate of drug-likeness (QED) is 0.750. The van der Waals surface area contributed by atoms with Crippen LogP contribution in [0.2, 0.25) is 0 Å². The standard InChI is InChI=1S/C10H15BrN4O3/c1-3-15-7(9(11)6(2)14-15)4-12-10(18)13-5-8(16)17/h3-5H2,1-2H3,(H,16,17)(H2,12,13,18). The van der Waals surface area contributed by atoms with E-state index in [2.05, 4.69) is 31.7 Å². The Kier molecular flexibility index (Phi) is 5.14. The molecule has 0 bridgehead atoms. The summed E-state index contributed by atoms with van der Waals surface area (Å²) in [6, 6.07) is -0.522. The number of amides is 2. The summed E-state index contributed by atoms with van der Waals surface area (Å²) in [6.45, 7) is 4.39. The van der Waals surface area contributed by atoms with Crippen LogP contribution in [0.5, 0.6) is 0 Å². The Morgan fingerprint density at radius 1 is 1.44 bits per heavy atom. The van der Waals surface area contributed by atoms with Gasteiger partial charge in [-0.05, 0) is 29.8 Å². The van der Waals surface area contributed by atoms with Crippen molar-refractivity contribution in [3.8, 4) is 0 Å². The second-order valence-corrected chi connectivity index (χ2v) is 4.38. The molecule has 0 saturated heterocycles. The van der Waals surface area contributed by atoms with Gasteiger partial charge in [0.1, 0.15) is 6.54 Å². The first-order valence-corrected chi connectivity index (χ1v) is 6.20. The molecule has 1 aromatic heterocycles. The van der Waals surface area contributed by atoms with Crippen LogP contribution in [0.1, 0.15) is 18.3 Å². The van der Waals surface area contributed by atoms with Crippen molar-refractivity contribution in [2.75, 3.05) is 6.54 Å². The first-order chi connectivity index (χ1) is 8.45. The lowest BCUT2D eigenvalue weighted by molar-refractivity contribution is -0.135. The van der Waals surface area contributed by atoms with Crippen LogP contribution in [0, 0.1) is 6.92 Å². The van der Waals surface area contributed by atoms with E-state index in [1.807, 2.05) is 13.8 Å². The lowest BCUT2D eigenvalue weighted by Gasteiger charge is -2.08. The van der Waals surface area contributed by atoms with Crippen LogP contribution in [-0.4, -0.2) is 33.4 Å². The Hall–Kier alpha value is -1.57. The Labute approximate surface area is 113 Å². The van der Waals surface area contributed by atoms with Crippen molar-refractivity contribution >= 4 is 27.9 Å². The minimum atomic E-state index is -1.08. The van der Waals surface area contributed by atoms with E-state index in [0.29, 0.717) is 6.54 Å². The Morgan fingerprint density at radius 3 is 2.67 bits per heavy atom. The predicted molar refractivity (Wildman–Crippen MR) is 68.2 cm³/mol. The second-order valence-electron chi connectivity index (χ2n) is 3.59. The van der Waals surface area contributed by atoms with Crippen LogP contribution < -0.4 is 10.6 Å². The van der Waals surface area contributed by atoms with Crippen molar-refractivity contribution in [2.24, 2.45) is 0 Å². The van der Waals surface area contributed by atoms with Gasteiger partial charge in [0.25, 0.3) is 0 Å². The molecule has 7 nitrogen and oxygen atoms in total. The third-order valence-electron chi connectivity index (χ3n) is 2.27. The highest BCUT2D eigenvalue weighted by molar-refractivity contribution is 9.10. The van der Waals surface area contributed by atoms with E-state index in [0.717, 1.165) is 15.9 Å². The highest BCUT2D eigenvalue weighted by atomic mass is 79.9. The van der Waals surface area contributed by atoms with E-state index in [-0.39, 0.29) is 6.54 Å². The SMILES string of the molecule is CCn1nc(C)c(Br)c1CNC(=O)NCC(=O)O. The molecular weight excluding hydrogens is 304 g/mol. The molecule has 0 aliphatic rings. The molecule has 2 amide bonds. The summed E-state index contributed by atoms with van der Waals surface area (Å²) in [5, 5.41) is 17.5. The van der Waals surface area contributed by atoms with Crippen LogP contribution in [-0.2, 0) is 17.9 Å². The number of carboxylic acids is 1. The second kappa shape index (κ2) is 6.39. The Balaban J connectivity index is 2.58. The van der Waals surface area contributed by atoms with Gasteiger partial charge in [-0.2, -0.15) is 5.10 Å². The fourth-order valence-corrected chi connectivity index (χ4v) is 1.84. The van der Waals surface area contributed by atoms with E-state index >= 15 is 0 Å². The summed E-state index contributed by atoms with van der Waals surface area (Å²) in [6.07, 6.45) is 0. The summed E-state index contributed by atoms with van der Waals surface area (Å²) in [7, 11) is 0. The Morgan fingerprint density at radius 2 is 2.11 bits per heavy atom. The van der Waals surface area contributed by atoms with Gasteiger partial charge >= 0.3 is 12.0 Å². The number of hydrogen-bond donors (Lipinski definition) is 3. The van der Waals surface area contributed by atoms with Crippen LogP contribution >= 0.6 is 15.9 Å². The third-order valence-corrected chi connectivity index (χ3v) is 3.30. The predicted octanol–water partition coefficient (Wildman–Crippen LogP) is 0.858. The van der Waals surface area contributed by atoms with Gasteiger partial charge in [-0.15, -0.1) is 0 Å². The molecule has 18 heavy (non-hydrogen) atoms. The lowest BCUT2D eigenvalue weighted by Crippen LogP contribution is -2.38. The summed E-state index contributed by atoms with van der Waals surface area (Å²) < 4.78 is 2.62. The number of carbonyl (C=O) groups is 2. The molecule has 0 saturated carbocycles. The zero-order valence-electron chi connectivity index (χ0n) is 10.2. The van der Waals surface area contributed by atoms with E-state index in [4.69, 9.17) is 5.11 Å². The van der Waals surface area contributed by atoms with Crippen molar-refractivity contribution in [3.05, 3.63) is 15.9 Å². The van der Waals surface area contributed by atoms with Gasteiger partial charge < -0.3 is 15.7 Å². The number of carboxylic acid groups (broad SMARTS) is 1. The van der Waals surface area contributed by atoms with Gasteiger partial charge in [0, 0.05) is 6.54 Å². The van der Waals surface area contributed by atoms with Crippen LogP contribution in [0.3, 0.4) is 0 Å². The topological polar surface area (TPSA) is 96.3 Å². The van der Waals surface area contributed by atoms with Gasteiger partial charge in [0.15, 0.2) is 0 Å². The monoisotopic (exact) mass is 318 g/mol. The average molecular weight is 319 g/mol. The van der Waals surface area contributed by atoms with Gasteiger partial charge in [-0.3, -0.25) is 9.48 Å². The molecule has 0 fully saturated rings. The minimum Gasteiger partial charge on any atom is -0.480 e. The molecule has 1 rings (SSSR count). The maximum Gasteiger partial charge on any atom is 0.323 e. The number of urea groups is 1. The number of carbonyl (C=O) groups excluding carboxylic acids is 1. The number of aryl methyl sites for hydroxylation is 2. The molecule has 0 atom stereocenters. The highest BCUT2D eigenvalue weighted by Crippen LogP contribution is 2.20. The smallest absolute Gasteiger partial charge is 0.323 e. The largest absolute Gasteiger partial charge is 0.480 e. The maximum atomic E-state index is 11.3. The fourth-order valence-electron chi connectivity index (χ4n) is 1.42. The molecule has 0 aliphatic heterocycles. The zero-order valence-corrected chi connectivity index (χ0v) is 11.7. The van der Waals surface area contributed by atoms with Crippen molar-refractivity contribution in [2.45, 2.75) is 26.9 Å². The number of nitrogens with one attached hydrogen (secondary N) is 2. The molecule has 0 unspecified atom stereocenters. The number of halogens is 1. The fraction of sp³-hybridized carbons (Fsp3) is 0.500. The average Bonchev–Trinajstić information content (AvgIpc) is 2.60. The summed E-state index contributed by atoms with van der Waals surface area (Å²) in [4.78, 5) is 21.6. The molecule has 3 N–H and O–H groups in total. The summed E-state index contributed by atoms with van der Waals surface area (Å²) in [5.74, 6) is -1.08. The summed E-state index contributed by atoms with van der Waals surface area (Å²) >= 11 is 3.41. The molecule has 8 heteroatoms. The molecule has 1 aromatic rings. The Bertz CT molecular complexity index is 458.